The lowest BCUT2D eigenvalue weighted by Gasteiger charge is -2.35. The van der Waals surface area contributed by atoms with Crippen LogP contribution in [-0.2, 0) is 0 Å². The molecule has 2 heterocycles. The Labute approximate surface area is 284 Å². The zero-order valence-electron chi connectivity index (χ0n) is 25.8. The van der Waals surface area contributed by atoms with E-state index < -0.39 is 6.46 Å². The maximum Gasteiger partial charge on any atom is 0.200 e. The Morgan fingerprint density at radius 3 is 1.25 bits per heavy atom. The molecule has 0 saturated heterocycles. The number of hydrogen-bond acceptors (Lipinski definition) is 3. The van der Waals surface area contributed by atoms with Crippen LogP contribution in [0.3, 0.4) is 0 Å². The molecule has 8 aromatic carbocycles. The summed E-state index contributed by atoms with van der Waals surface area (Å²) in [5, 5.41) is 7.77. The number of hydrogen-bond donors (Lipinski definition) is 1. The average molecular weight is 652 g/mol. The summed E-state index contributed by atoms with van der Waals surface area (Å²) in [4.78, 5) is 0. The highest BCUT2D eigenvalue weighted by atomic mass is 32.7. The van der Waals surface area contributed by atoms with Gasteiger partial charge in [-0.3, -0.25) is 0 Å². The minimum atomic E-state index is -2.46. The lowest BCUT2D eigenvalue weighted by molar-refractivity contribution is 0.472. The Bertz CT molecular complexity index is 2410. The van der Waals surface area contributed by atoms with Gasteiger partial charge in [0.25, 0.3) is 0 Å². The Balaban J connectivity index is 1.26. The monoisotopic (exact) mass is 651 g/mol. The molecular formula is C44H28O2PS+. The maximum atomic E-state index is 7.00. The zero-order valence-corrected chi connectivity index (χ0v) is 27.6. The van der Waals surface area contributed by atoms with Crippen molar-refractivity contribution in [3.05, 3.63) is 164 Å². The van der Waals surface area contributed by atoms with Gasteiger partial charge in [0.05, 0.1) is 0 Å². The van der Waals surface area contributed by atoms with Gasteiger partial charge >= 0.3 is 0 Å². The molecule has 0 radical (unpaired) electrons. The van der Waals surface area contributed by atoms with Gasteiger partial charge in [-0.1, -0.05) is 121 Å². The summed E-state index contributed by atoms with van der Waals surface area (Å²) in [5.41, 5.74) is 6.78. The molecule has 10 rings (SSSR count). The molecular weight excluding hydrogens is 624 g/mol. The first-order valence-corrected chi connectivity index (χ1v) is 19.1. The summed E-state index contributed by atoms with van der Waals surface area (Å²) in [6.45, 7) is -2.46. The van der Waals surface area contributed by atoms with E-state index in [1.807, 2.05) is 0 Å². The number of benzene rings is 8. The molecule has 0 atom stereocenters. The predicted molar refractivity (Wildman–Crippen MR) is 206 cm³/mol. The van der Waals surface area contributed by atoms with Crippen LogP contribution in [-0.4, -0.2) is 0 Å². The number of thiol groups is 1. The smallest absolute Gasteiger partial charge is 0.200 e. The van der Waals surface area contributed by atoms with Crippen LogP contribution in [0, 0.1) is 0 Å². The molecule has 0 fully saturated rings. The summed E-state index contributed by atoms with van der Waals surface area (Å²) in [7, 11) is 0. The van der Waals surface area contributed by atoms with Gasteiger partial charge in [-0.25, -0.2) is 0 Å². The van der Waals surface area contributed by atoms with Crippen LogP contribution < -0.4 is 25.4 Å². The van der Waals surface area contributed by atoms with Crippen LogP contribution in [0.15, 0.2) is 164 Å². The molecule has 0 amide bonds. The summed E-state index contributed by atoms with van der Waals surface area (Å²) in [6, 6.07) is 58.1. The normalized spacial score (nSPS) is 13.6. The van der Waals surface area contributed by atoms with Crippen LogP contribution in [0.5, 0.6) is 23.0 Å². The second kappa shape index (κ2) is 10.6. The molecule has 226 valence electrons. The van der Waals surface area contributed by atoms with E-state index in [1.54, 1.807) is 0 Å². The molecule has 0 aromatic heterocycles. The predicted octanol–water partition coefficient (Wildman–Crippen LogP) is 11.3. The first-order valence-electron chi connectivity index (χ1n) is 16.1. The highest BCUT2D eigenvalue weighted by molar-refractivity contribution is 8.61. The SMILES string of the molecule is S[P+]12c3ccc4ccccc4c3Oc3cc(-c4cc(-c5ccccc5)cc(-c5ccccc5)c4)cc(c31)Oc1c2ccc2ccccc12. The Morgan fingerprint density at radius 1 is 0.375 bits per heavy atom. The van der Waals surface area contributed by atoms with Gasteiger partial charge in [0, 0.05) is 23.0 Å². The van der Waals surface area contributed by atoms with E-state index in [4.69, 9.17) is 21.7 Å². The molecule has 2 aliphatic heterocycles. The second-order valence-electron chi connectivity index (χ2n) is 12.5. The third kappa shape index (κ3) is 4.12. The molecule has 0 bridgehead atoms. The number of ether oxygens (including phenoxy) is 2. The molecule has 0 unspecified atom stereocenters. The van der Waals surface area contributed by atoms with Crippen molar-refractivity contribution in [1.29, 1.82) is 0 Å². The van der Waals surface area contributed by atoms with Crippen molar-refractivity contribution in [2.24, 2.45) is 0 Å². The second-order valence-corrected chi connectivity index (χ2v) is 16.9. The Hall–Kier alpha value is -5.34. The topological polar surface area (TPSA) is 18.5 Å². The van der Waals surface area contributed by atoms with E-state index >= 15 is 0 Å². The van der Waals surface area contributed by atoms with Gasteiger partial charge in [0.15, 0.2) is 40.1 Å². The van der Waals surface area contributed by atoms with Crippen LogP contribution in [0.4, 0.5) is 0 Å². The third-order valence-corrected chi connectivity index (χ3v) is 14.8. The fraction of sp³-hybridized carbons (Fsp3) is 0. The Morgan fingerprint density at radius 2 is 0.771 bits per heavy atom. The minimum Gasteiger partial charge on any atom is -0.448 e. The van der Waals surface area contributed by atoms with E-state index in [0.29, 0.717) is 0 Å². The lowest BCUT2D eigenvalue weighted by atomic mass is 9.93. The highest BCUT2D eigenvalue weighted by Crippen LogP contribution is 2.71. The van der Waals surface area contributed by atoms with Gasteiger partial charge in [-0.2, -0.15) is 0 Å². The van der Waals surface area contributed by atoms with Gasteiger partial charge in [0.2, 0.25) is 5.30 Å². The van der Waals surface area contributed by atoms with E-state index in [-0.39, 0.29) is 0 Å². The van der Waals surface area contributed by atoms with E-state index in [2.05, 4.69) is 164 Å². The summed E-state index contributed by atoms with van der Waals surface area (Å²) < 4.78 is 14.0. The van der Waals surface area contributed by atoms with Crippen molar-refractivity contribution in [1.82, 2.24) is 0 Å². The fourth-order valence-electron chi connectivity index (χ4n) is 7.39. The molecule has 0 aliphatic carbocycles. The molecule has 0 spiro atoms. The largest absolute Gasteiger partial charge is 0.448 e. The standard InChI is InChI=1S/C44H28O2PS/c48-47-40-21-19-30-15-7-9-17-36(30)42(40)45-38-26-35(27-39(44(38)47)46-43-37-18-10-8-16-31(37)20-22-41(43)47)34-24-32(28-11-3-1-4-12-28)23-33(25-34)29-13-5-2-6-14-29/h1-27,48H/q+1. The molecule has 4 heteroatoms. The number of fused-ring (bicyclic) bond motifs is 8. The van der Waals surface area contributed by atoms with Crippen molar-refractivity contribution in [3.8, 4) is 56.4 Å². The van der Waals surface area contributed by atoms with Crippen molar-refractivity contribution in [3.63, 3.8) is 0 Å². The van der Waals surface area contributed by atoms with Crippen molar-refractivity contribution in [2.45, 2.75) is 0 Å². The lowest BCUT2D eigenvalue weighted by Crippen LogP contribution is -2.37. The molecule has 2 aliphatic rings. The molecule has 2 nitrogen and oxygen atoms in total. The van der Waals surface area contributed by atoms with Crippen molar-refractivity contribution >= 4 is 56.2 Å². The molecule has 48 heavy (non-hydrogen) atoms. The molecule has 0 saturated carbocycles. The number of rotatable bonds is 3. The maximum absolute atomic E-state index is 7.00. The fourth-order valence-corrected chi connectivity index (χ4v) is 12.0. The van der Waals surface area contributed by atoms with E-state index in [9.17, 15) is 0 Å². The van der Waals surface area contributed by atoms with Crippen LogP contribution >= 0.6 is 18.7 Å². The van der Waals surface area contributed by atoms with Crippen LogP contribution in [0.25, 0.3) is 54.9 Å². The van der Waals surface area contributed by atoms with Gasteiger partial charge < -0.3 is 9.47 Å². The zero-order chi connectivity index (χ0) is 31.8. The molecule has 8 aromatic rings. The van der Waals surface area contributed by atoms with Crippen molar-refractivity contribution < 1.29 is 9.47 Å². The van der Waals surface area contributed by atoms with Crippen LogP contribution in [0.1, 0.15) is 0 Å². The summed E-state index contributed by atoms with van der Waals surface area (Å²) >= 11 is 5.76. The average Bonchev–Trinajstić information content (AvgIpc) is 3.15. The van der Waals surface area contributed by atoms with E-state index in [0.717, 1.165) is 82.7 Å². The molecule has 0 N–H and O–H groups in total. The third-order valence-electron chi connectivity index (χ3n) is 9.68. The first-order chi connectivity index (χ1) is 23.6. The summed E-state index contributed by atoms with van der Waals surface area (Å²) in [5.74, 6) is 3.38. The van der Waals surface area contributed by atoms with Gasteiger partial charge in [0.1, 0.15) is 0 Å². The van der Waals surface area contributed by atoms with E-state index in [1.165, 1.54) is 11.1 Å². The van der Waals surface area contributed by atoms with Gasteiger partial charge in [-0.05, 0) is 86.6 Å². The van der Waals surface area contributed by atoms with Crippen molar-refractivity contribution in [2.75, 3.05) is 0 Å². The minimum absolute atomic E-state index is 0.805. The summed E-state index contributed by atoms with van der Waals surface area (Å²) in [6.07, 6.45) is 0. The first kappa shape index (κ1) is 27.7. The van der Waals surface area contributed by atoms with Gasteiger partial charge in [-0.15, -0.1) is 0 Å². The highest BCUT2D eigenvalue weighted by Gasteiger charge is 2.57. The Kier molecular flexibility index (Phi) is 6.12. The quantitative estimate of drug-likeness (QED) is 0.151. The van der Waals surface area contributed by atoms with Crippen LogP contribution in [0.2, 0.25) is 0 Å².